The number of nitrogens with one attached hydrogen (secondary N) is 2. The smallest absolute Gasteiger partial charge is 0.215 e. The number of ether oxygens (including phenoxy) is 1. The Labute approximate surface area is 262 Å². The van der Waals surface area contributed by atoms with Gasteiger partial charge in [0.2, 0.25) is 5.90 Å². The summed E-state index contributed by atoms with van der Waals surface area (Å²) in [6, 6.07) is 50.9. The van der Waals surface area contributed by atoms with Crippen LogP contribution < -0.4 is 11.1 Å². The van der Waals surface area contributed by atoms with Gasteiger partial charge in [-0.15, -0.1) is 0 Å². The summed E-state index contributed by atoms with van der Waals surface area (Å²) in [5.74, 6) is 0.835. The molecule has 7 rings (SSSR count). The molecule has 0 aliphatic carbocycles. The molecule has 6 aromatic rings. The summed E-state index contributed by atoms with van der Waals surface area (Å²) in [7, 11) is 0. The van der Waals surface area contributed by atoms with Crippen LogP contribution in [0.2, 0.25) is 0 Å². The van der Waals surface area contributed by atoms with Crippen LogP contribution in [0.4, 0.5) is 0 Å². The molecule has 0 saturated carbocycles. The topological polar surface area (TPSA) is 83.5 Å². The predicted octanol–water partition coefficient (Wildman–Crippen LogP) is 8.64. The Kier molecular flexibility index (Phi) is 7.75. The number of hydrogen-bond donors (Lipinski definition) is 3. The molecule has 4 N–H and O–H groups in total. The van der Waals surface area contributed by atoms with Crippen LogP contribution in [0.5, 0.6) is 0 Å². The lowest BCUT2D eigenvalue weighted by Gasteiger charge is -2.24. The quantitative estimate of drug-likeness (QED) is 0.0998. The van der Waals surface area contributed by atoms with E-state index >= 15 is 0 Å². The second kappa shape index (κ2) is 12.4. The first-order valence-electron chi connectivity index (χ1n) is 15.0. The first-order chi connectivity index (χ1) is 22.1. The Hall–Kier alpha value is -5.78. The third kappa shape index (κ3) is 6.03. The van der Waals surface area contributed by atoms with Gasteiger partial charge in [-0.2, -0.15) is 0 Å². The molecule has 1 aliphatic rings. The first-order valence-corrected chi connectivity index (χ1v) is 15.0. The number of hydrogen-bond acceptors (Lipinski definition) is 5. The van der Waals surface area contributed by atoms with E-state index in [1.54, 1.807) is 0 Å². The van der Waals surface area contributed by atoms with Gasteiger partial charge in [0.25, 0.3) is 0 Å². The molecule has 0 bridgehead atoms. The molecule has 5 nitrogen and oxygen atoms in total. The molecule has 0 aromatic heterocycles. The lowest BCUT2D eigenvalue weighted by Crippen LogP contribution is -2.28. The average Bonchev–Trinajstić information content (AvgIpc) is 3.12. The summed E-state index contributed by atoms with van der Waals surface area (Å²) < 4.78 is 5.82. The van der Waals surface area contributed by atoms with E-state index in [1.807, 2.05) is 72.8 Å². The predicted molar refractivity (Wildman–Crippen MR) is 184 cm³/mol. The van der Waals surface area contributed by atoms with Crippen LogP contribution in [-0.4, -0.2) is 11.7 Å². The zero-order chi connectivity index (χ0) is 30.6. The third-order valence-electron chi connectivity index (χ3n) is 8.05. The number of fused-ring (bicyclic) bond motifs is 1. The van der Waals surface area contributed by atoms with Crippen LogP contribution in [-0.2, 0) is 4.74 Å². The zero-order valence-electron chi connectivity index (χ0n) is 24.6. The molecule has 0 radical (unpaired) electrons. The van der Waals surface area contributed by atoms with Crippen LogP contribution >= 0.6 is 0 Å². The summed E-state index contributed by atoms with van der Waals surface area (Å²) in [4.78, 5) is 5.13. The van der Waals surface area contributed by atoms with Crippen LogP contribution in [0.3, 0.4) is 0 Å². The van der Waals surface area contributed by atoms with E-state index in [0.29, 0.717) is 5.56 Å². The van der Waals surface area contributed by atoms with Gasteiger partial charge in [-0.1, -0.05) is 133 Å². The highest BCUT2D eigenvalue weighted by atomic mass is 16.5. The van der Waals surface area contributed by atoms with E-state index in [4.69, 9.17) is 20.9 Å². The van der Waals surface area contributed by atoms with Crippen molar-refractivity contribution >= 4 is 28.2 Å². The van der Waals surface area contributed by atoms with Crippen molar-refractivity contribution in [3.63, 3.8) is 0 Å². The van der Waals surface area contributed by atoms with Crippen molar-refractivity contribution in [2.24, 2.45) is 10.7 Å². The van der Waals surface area contributed by atoms with Gasteiger partial charge in [-0.3, -0.25) is 16.1 Å². The highest BCUT2D eigenvalue weighted by Crippen LogP contribution is 2.33. The SMILES string of the molecule is N=C(OC(N)c1cccc(C2=CC(c3ccc(-c4cccc5ccccc45)cc3)N=C(c3ccccc3)N2)c1)c1ccccc1. The summed E-state index contributed by atoms with van der Waals surface area (Å²) in [6.07, 6.45) is 1.36. The van der Waals surface area contributed by atoms with E-state index in [-0.39, 0.29) is 11.9 Å². The van der Waals surface area contributed by atoms with Crippen molar-refractivity contribution in [2.75, 3.05) is 0 Å². The number of nitrogens with zero attached hydrogens (tertiary/aromatic N) is 1. The summed E-state index contributed by atoms with van der Waals surface area (Å²) in [6.45, 7) is 0. The minimum atomic E-state index is -0.790. The highest BCUT2D eigenvalue weighted by Gasteiger charge is 2.21. The van der Waals surface area contributed by atoms with E-state index in [9.17, 15) is 0 Å². The monoisotopic (exact) mass is 584 g/mol. The minimum Gasteiger partial charge on any atom is -0.454 e. The number of benzene rings is 6. The van der Waals surface area contributed by atoms with Gasteiger partial charge < -0.3 is 10.1 Å². The van der Waals surface area contributed by atoms with Gasteiger partial charge >= 0.3 is 0 Å². The fourth-order valence-electron chi connectivity index (χ4n) is 5.69. The van der Waals surface area contributed by atoms with Crippen LogP contribution in [0.15, 0.2) is 163 Å². The maximum absolute atomic E-state index is 8.37. The van der Waals surface area contributed by atoms with Crippen molar-refractivity contribution in [1.82, 2.24) is 5.32 Å². The molecule has 1 aliphatic heterocycles. The fraction of sp³-hybridized carbons (Fsp3) is 0.0500. The van der Waals surface area contributed by atoms with Crippen molar-refractivity contribution in [2.45, 2.75) is 12.3 Å². The molecule has 0 spiro atoms. The van der Waals surface area contributed by atoms with Gasteiger partial charge in [0.05, 0.1) is 6.04 Å². The maximum atomic E-state index is 8.37. The van der Waals surface area contributed by atoms with Gasteiger partial charge in [-0.05, 0) is 57.3 Å². The Bertz CT molecular complexity index is 2030. The second-order valence-corrected chi connectivity index (χ2v) is 11.0. The van der Waals surface area contributed by atoms with Crippen LogP contribution in [0.25, 0.3) is 27.6 Å². The molecule has 45 heavy (non-hydrogen) atoms. The molecule has 6 aromatic carbocycles. The van der Waals surface area contributed by atoms with Gasteiger partial charge in [0, 0.05) is 22.4 Å². The van der Waals surface area contributed by atoms with Crippen molar-refractivity contribution < 1.29 is 4.74 Å². The van der Waals surface area contributed by atoms with E-state index < -0.39 is 6.23 Å². The van der Waals surface area contributed by atoms with Crippen molar-refractivity contribution in [3.05, 3.63) is 186 Å². The molecule has 0 fully saturated rings. The largest absolute Gasteiger partial charge is 0.454 e. The Balaban J connectivity index is 1.20. The number of nitrogens with two attached hydrogens (primary N) is 1. The molecule has 2 unspecified atom stereocenters. The van der Waals surface area contributed by atoms with E-state index in [2.05, 4.69) is 90.3 Å². The lowest BCUT2D eigenvalue weighted by molar-refractivity contribution is 0.199. The fourth-order valence-corrected chi connectivity index (χ4v) is 5.69. The third-order valence-corrected chi connectivity index (χ3v) is 8.05. The first kappa shape index (κ1) is 28.0. The molecule has 5 heteroatoms. The van der Waals surface area contributed by atoms with Gasteiger partial charge in [0.15, 0.2) is 6.23 Å². The zero-order valence-corrected chi connectivity index (χ0v) is 24.6. The number of amidine groups is 1. The summed E-state index contributed by atoms with van der Waals surface area (Å²) in [5.41, 5.74) is 14.3. The van der Waals surface area contributed by atoms with Gasteiger partial charge in [-0.25, -0.2) is 0 Å². The minimum absolute atomic E-state index is 0.0361. The Morgan fingerprint density at radius 2 is 1.36 bits per heavy atom. The summed E-state index contributed by atoms with van der Waals surface area (Å²) >= 11 is 0. The highest BCUT2D eigenvalue weighted by molar-refractivity contribution is 6.05. The molecule has 1 heterocycles. The average molecular weight is 585 g/mol. The van der Waals surface area contributed by atoms with Crippen molar-refractivity contribution in [1.29, 1.82) is 5.41 Å². The molecular weight excluding hydrogens is 552 g/mol. The van der Waals surface area contributed by atoms with E-state index in [0.717, 1.165) is 33.8 Å². The number of rotatable bonds is 7. The molecule has 0 amide bonds. The summed E-state index contributed by atoms with van der Waals surface area (Å²) in [5, 5.41) is 14.4. The van der Waals surface area contributed by atoms with Crippen LogP contribution in [0, 0.1) is 5.41 Å². The molecule has 2 atom stereocenters. The standard InChI is InChI=1S/C40H32N4O/c41-38(30-12-3-1-4-13-30)45-39(42)33-18-9-17-32(25-33)37-26-36(43-40(44-37)31-14-5-2-6-15-31)29-23-21-28(22-24-29)35-20-10-16-27-11-7-8-19-34(27)35/h1-26,36,39,41H,42H2,(H,43,44). The lowest BCUT2D eigenvalue weighted by atomic mass is 9.95. The van der Waals surface area contributed by atoms with Crippen molar-refractivity contribution in [3.8, 4) is 11.1 Å². The second-order valence-electron chi connectivity index (χ2n) is 11.0. The Morgan fingerprint density at radius 3 is 2.16 bits per heavy atom. The normalized spacial score (nSPS) is 15.0. The van der Waals surface area contributed by atoms with E-state index in [1.165, 1.54) is 21.9 Å². The maximum Gasteiger partial charge on any atom is 0.215 e. The van der Waals surface area contributed by atoms with Crippen LogP contribution in [0.1, 0.15) is 40.1 Å². The molecule has 218 valence electrons. The number of aliphatic imine (C=N–C) groups is 1. The Morgan fingerprint density at radius 1 is 0.689 bits per heavy atom. The molecular formula is C40H32N4O. The molecule has 0 saturated heterocycles. The van der Waals surface area contributed by atoms with Gasteiger partial charge in [0.1, 0.15) is 5.84 Å².